The molecule has 0 aliphatic heterocycles. The van der Waals surface area contributed by atoms with Crippen molar-refractivity contribution in [2.75, 3.05) is 25.3 Å². The zero-order chi connectivity index (χ0) is 18.4. The van der Waals surface area contributed by atoms with Crippen molar-refractivity contribution in [3.63, 3.8) is 0 Å². The van der Waals surface area contributed by atoms with Gasteiger partial charge in [-0.2, -0.15) is 9.61 Å². The summed E-state index contributed by atoms with van der Waals surface area (Å²) < 4.78 is 28.0. The van der Waals surface area contributed by atoms with Crippen LogP contribution in [0.1, 0.15) is 5.69 Å². The number of fused-ring (bicyclic) bond motifs is 1. The van der Waals surface area contributed by atoms with Crippen LogP contribution < -0.4 is 4.90 Å². The molecular weight excluding hydrogens is 380 g/mol. The number of anilines is 1. The lowest BCUT2D eigenvalue weighted by Gasteiger charge is -2.14. The van der Waals surface area contributed by atoms with Crippen molar-refractivity contribution in [3.8, 4) is 0 Å². The van der Waals surface area contributed by atoms with E-state index in [1.807, 2.05) is 32.0 Å². The van der Waals surface area contributed by atoms with Gasteiger partial charge in [-0.1, -0.05) is 11.6 Å². The molecule has 0 spiro atoms. The second-order valence-electron chi connectivity index (χ2n) is 5.68. The standard InChI is InChI=1S/C16H17ClN4O2S2/c1-10-9-13(20(2)3)21-15(18-10)14(16(19-21)24-4)25(22,23)12-7-5-11(17)6-8-12/h5-9H,1-4H3. The molecule has 6 nitrogen and oxygen atoms in total. The Balaban J connectivity index is 2.37. The SMILES string of the molecule is CSc1nn2c(N(C)C)cc(C)nc2c1S(=O)(=O)c1ccc(Cl)cc1. The summed E-state index contributed by atoms with van der Waals surface area (Å²) in [5, 5.41) is 5.37. The molecule has 0 bridgehead atoms. The predicted octanol–water partition coefficient (Wildman–Crippen LogP) is 3.31. The second-order valence-corrected chi connectivity index (χ2v) is 8.80. The molecule has 0 aliphatic rings. The highest BCUT2D eigenvalue weighted by molar-refractivity contribution is 7.99. The van der Waals surface area contributed by atoms with Crippen LogP contribution in [0, 0.1) is 6.92 Å². The van der Waals surface area contributed by atoms with Gasteiger partial charge >= 0.3 is 0 Å². The van der Waals surface area contributed by atoms with E-state index in [9.17, 15) is 8.42 Å². The van der Waals surface area contributed by atoms with Crippen LogP contribution in [0.4, 0.5) is 5.82 Å². The van der Waals surface area contributed by atoms with E-state index in [1.54, 1.807) is 22.9 Å². The van der Waals surface area contributed by atoms with Crippen molar-refractivity contribution >= 4 is 44.7 Å². The average Bonchev–Trinajstić information content (AvgIpc) is 2.93. The van der Waals surface area contributed by atoms with Crippen molar-refractivity contribution in [2.45, 2.75) is 21.7 Å². The van der Waals surface area contributed by atoms with Crippen molar-refractivity contribution in [1.29, 1.82) is 0 Å². The van der Waals surface area contributed by atoms with Gasteiger partial charge in [-0.3, -0.25) is 0 Å². The maximum atomic E-state index is 13.2. The van der Waals surface area contributed by atoms with Gasteiger partial charge in [-0.15, -0.1) is 11.8 Å². The number of sulfone groups is 1. The lowest BCUT2D eigenvalue weighted by atomic mass is 10.4. The molecule has 0 unspecified atom stereocenters. The van der Waals surface area contributed by atoms with Gasteiger partial charge in [0.2, 0.25) is 9.84 Å². The molecule has 0 fully saturated rings. The number of thioether (sulfide) groups is 1. The highest BCUT2D eigenvalue weighted by atomic mass is 35.5. The highest BCUT2D eigenvalue weighted by Crippen LogP contribution is 2.34. The van der Waals surface area contributed by atoms with Gasteiger partial charge in [0.05, 0.1) is 4.90 Å². The predicted molar refractivity (Wildman–Crippen MR) is 101 cm³/mol. The Morgan fingerprint density at radius 3 is 2.40 bits per heavy atom. The number of rotatable bonds is 4. The fourth-order valence-electron chi connectivity index (χ4n) is 2.50. The van der Waals surface area contributed by atoms with E-state index < -0.39 is 9.84 Å². The second kappa shape index (κ2) is 6.51. The largest absolute Gasteiger partial charge is 0.363 e. The van der Waals surface area contributed by atoms with E-state index >= 15 is 0 Å². The van der Waals surface area contributed by atoms with E-state index in [4.69, 9.17) is 11.6 Å². The van der Waals surface area contributed by atoms with Crippen LogP contribution >= 0.6 is 23.4 Å². The van der Waals surface area contributed by atoms with Crippen LogP contribution in [0.25, 0.3) is 5.65 Å². The molecule has 0 N–H and O–H groups in total. The number of halogens is 1. The molecule has 132 valence electrons. The van der Waals surface area contributed by atoms with Crippen LogP contribution in [0.2, 0.25) is 5.02 Å². The van der Waals surface area contributed by atoms with E-state index in [0.29, 0.717) is 15.7 Å². The zero-order valence-corrected chi connectivity index (χ0v) is 16.6. The molecule has 0 atom stereocenters. The summed E-state index contributed by atoms with van der Waals surface area (Å²) in [4.78, 5) is 6.61. The van der Waals surface area contributed by atoms with Gasteiger partial charge in [0.15, 0.2) is 10.5 Å². The summed E-state index contributed by atoms with van der Waals surface area (Å²) in [6, 6.07) is 7.97. The Morgan fingerprint density at radius 1 is 1.20 bits per heavy atom. The number of aryl methyl sites for hydroxylation is 1. The monoisotopic (exact) mass is 396 g/mol. The number of nitrogens with zero attached hydrogens (tertiary/aromatic N) is 4. The van der Waals surface area contributed by atoms with E-state index in [2.05, 4.69) is 10.1 Å². The molecule has 3 rings (SSSR count). The lowest BCUT2D eigenvalue weighted by Crippen LogP contribution is -2.15. The summed E-state index contributed by atoms with van der Waals surface area (Å²) in [6.07, 6.45) is 1.80. The molecule has 3 aromatic rings. The van der Waals surface area contributed by atoms with E-state index in [0.717, 1.165) is 11.5 Å². The van der Waals surface area contributed by atoms with Gasteiger partial charge in [0.25, 0.3) is 0 Å². The molecule has 0 saturated heterocycles. The van der Waals surface area contributed by atoms with E-state index in [1.165, 1.54) is 23.9 Å². The fraction of sp³-hybridized carbons (Fsp3) is 0.250. The maximum absolute atomic E-state index is 13.2. The van der Waals surface area contributed by atoms with Crippen molar-refractivity contribution < 1.29 is 8.42 Å². The van der Waals surface area contributed by atoms with Crippen LogP contribution in [-0.4, -0.2) is 43.4 Å². The number of hydrogen-bond donors (Lipinski definition) is 0. The maximum Gasteiger partial charge on any atom is 0.213 e. The van der Waals surface area contributed by atoms with Crippen LogP contribution in [0.3, 0.4) is 0 Å². The highest BCUT2D eigenvalue weighted by Gasteiger charge is 2.29. The Bertz CT molecular complexity index is 1040. The van der Waals surface area contributed by atoms with Crippen LogP contribution in [0.15, 0.2) is 45.1 Å². The lowest BCUT2D eigenvalue weighted by molar-refractivity contribution is 0.594. The molecule has 0 aliphatic carbocycles. The summed E-state index contributed by atoms with van der Waals surface area (Å²) in [5.41, 5.74) is 1.04. The Hall–Kier alpha value is -1.77. The fourth-order valence-corrected chi connectivity index (χ4v) is 5.02. The van der Waals surface area contributed by atoms with Gasteiger partial charge in [0.1, 0.15) is 10.8 Å². The number of aromatic nitrogens is 3. The molecule has 0 saturated carbocycles. The first-order valence-electron chi connectivity index (χ1n) is 7.38. The Labute approximate surface area is 155 Å². The molecule has 25 heavy (non-hydrogen) atoms. The molecule has 0 amide bonds. The normalized spacial score (nSPS) is 11.9. The van der Waals surface area contributed by atoms with E-state index in [-0.39, 0.29) is 9.79 Å². The summed E-state index contributed by atoms with van der Waals surface area (Å²) in [5.74, 6) is 0.760. The number of benzene rings is 1. The summed E-state index contributed by atoms with van der Waals surface area (Å²) in [7, 11) is -0.0308. The van der Waals surface area contributed by atoms with Crippen molar-refractivity contribution in [2.24, 2.45) is 0 Å². The minimum atomic E-state index is -3.78. The van der Waals surface area contributed by atoms with Crippen molar-refractivity contribution in [3.05, 3.63) is 41.0 Å². The smallest absolute Gasteiger partial charge is 0.213 e. The summed E-state index contributed by atoms with van der Waals surface area (Å²) in [6.45, 7) is 1.83. The van der Waals surface area contributed by atoms with Gasteiger partial charge < -0.3 is 4.90 Å². The minimum Gasteiger partial charge on any atom is -0.363 e. The third kappa shape index (κ3) is 3.09. The Kier molecular flexibility index (Phi) is 4.70. The molecule has 0 radical (unpaired) electrons. The third-order valence-electron chi connectivity index (χ3n) is 3.67. The van der Waals surface area contributed by atoms with Gasteiger partial charge in [-0.25, -0.2) is 13.4 Å². The molecule has 9 heteroatoms. The number of hydrogen-bond acceptors (Lipinski definition) is 6. The quantitative estimate of drug-likeness (QED) is 0.630. The zero-order valence-electron chi connectivity index (χ0n) is 14.2. The Morgan fingerprint density at radius 2 is 1.84 bits per heavy atom. The van der Waals surface area contributed by atoms with Crippen molar-refractivity contribution in [1.82, 2.24) is 14.6 Å². The average molecular weight is 397 g/mol. The van der Waals surface area contributed by atoms with Gasteiger partial charge in [-0.05, 0) is 37.4 Å². The molecule has 1 aromatic carbocycles. The third-order valence-corrected chi connectivity index (χ3v) is 6.53. The summed E-state index contributed by atoms with van der Waals surface area (Å²) >= 11 is 7.16. The molecule has 2 heterocycles. The van der Waals surface area contributed by atoms with Crippen LogP contribution in [0.5, 0.6) is 0 Å². The first-order chi connectivity index (χ1) is 11.8. The first kappa shape index (κ1) is 18.0. The first-order valence-corrected chi connectivity index (χ1v) is 10.5. The topological polar surface area (TPSA) is 67.6 Å². The van der Waals surface area contributed by atoms with Gasteiger partial charge in [0, 0.05) is 30.9 Å². The molecular formula is C16H17ClN4O2S2. The minimum absolute atomic E-state index is 0.120. The van der Waals surface area contributed by atoms with Crippen LogP contribution in [-0.2, 0) is 9.84 Å². The molecule has 2 aromatic heterocycles.